The van der Waals surface area contributed by atoms with Gasteiger partial charge in [0.25, 0.3) is 5.91 Å². The third-order valence-electron chi connectivity index (χ3n) is 8.94. The van der Waals surface area contributed by atoms with Crippen molar-refractivity contribution in [2.75, 3.05) is 32.1 Å². The first-order chi connectivity index (χ1) is 23.0. The van der Waals surface area contributed by atoms with E-state index in [0.717, 1.165) is 47.6 Å². The number of imidazole rings is 1. The van der Waals surface area contributed by atoms with Crippen LogP contribution >= 0.6 is 23.2 Å². The molecular weight excluding hydrogens is 655 g/mol. The van der Waals surface area contributed by atoms with Crippen molar-refractivity contribution in [3.63, 3.8) is 0 Å². The molecule has 0 bridgehead atoms. The minimum absolute atomic E-state index is 0.0135. The largest absolute Gasteiger partial charge is 0.496 e. The van der Waals surface area contributed by atoms with Crippen LogP contribution in [0.2, 0.25) is 10.0 Å². The lowest BCUT2D eigenvalue weighted by molar-refractivity contribution is -0.119. The number of fused-ring (bicyclic) bond motifs is 1. The normalized spacial score (nSPS) is 16.0. The van der Waals surface area contributed by atoms with Crippen LogP contribution in [0, 0.1) is 0 Å². The zero-order valence-electron chi connectivity index (χ0n) is 26.8. The van der Waals surface area contributed by atoms with Crippen molar-refractivity contribution in [1.82, 2.24) is 24.7 Å². The molecule has 1 saturated heterocycles. The van der Waals surface area contributed by atoms with Crippen molar-refractivity contribution in [3.05, 3.63) is 87.4 Å². The number of carbonyl (C=O) groups excluding carboxylic acids is 2. The predicted octanol–water partition coefficient (Wildman–Crippen LogP) is 6.07. The van der Waals surface area contributed by atoms with E-state index in [1.165, 1.54) is 4.90 Å². The number of halogens is 2. The van der Waals surface area contributed by atoms with Gasteiger partial charge in [0.2, 0.25) is 5.91 Å². The fraction of sp³-hybridized carbons (Fsp3) is 0.314. The van der Waals surface area contributed by atoms with Crippen LogP contribution in [0.4, 0.5) is 10.5 Å². The Morgan fingerprint density at radius 2 is 1.75 bits per heavy atom. The van der Waals surface area contributed by atoms with Gasteiger partial charge in [-0.3, -0.25) is 14.5 Å². The number of hydrogen-bond acceptors (Lipinski definition) is 6. The number of amides is 3. The summed E-state index contributed by atoms with van der Waals surface area (Å²) in [5.41, 5.74) is 5.84. The molecule has 2 aliphatic heterocycles. The molecule has 11 nitrogen and oxygen atoms in total. The molecule has 3 amide bonds. The standard InChI is InChI=1S/C35H36Cl2N6O5/c1-20(44)38-23-12-14-42(18-23)17-22-11-10-21(16-30(22)48-3)24-6-4-7-25(31(24)36)26-8-5-9-27(32(26)37)40-34(45)33-39-28-19-43(35(46)47)15-13-29(28)41(33)2/h4-11,16,23H,12-15,17-19H2,1-3H3,(H,38,44)(H,40,45)(H,46,47)/t23-/m1/s1. The zero-order valence-corrected chi connectivity index (χ0v) is 28.4. The Kier molecular flexibility index (Phi) is 9.63. The molecule has 3 aromatic carbocycles. The minimum Gasteiger partial charge on any atom is -0.496 e. The Morgan fingerprint density at radius 3 is 2.48 bits per heavy atom. The number of benzene rings is 3. The quantitative estimate of drug-likeness (QED) is 0.205. The fourth-order valence-corrected chi connectivity index (χ4v) is 7.15. The van der Waals surface area contributed by atoms with Gasteiger partial charge in [-0.25, -0.2) is 9.78 Å². The summed E-state index contributed by atoms with van der Waals surface area (Å²) in [4.78, 5) is 44.4. The summed E-state index contributed by atoms with van der Waals surface area (Å²) in [7, 11) is 3.40. The molecule has 1 aromatic heterocycles. The van der Waals surface area contributed by atoms with Crippen LogP contribution in [0.15, 0.2) is 54.6 Å². The number of anilines is 1. The fourth-order valence-electron chi connectivity index (χ4n) is 6.54. The summed E-state index contributed by atoms with van der Waals surface area (Å²) in [5, 5.41) is 16.1. The number of likely N-dealkylation sites (tertiary alicyclic amines) is 1. The van der Waals surface area contributed by atoms with E-state index in [1.807, 2.05) is 42.5 Å². The molecule has 4 aromatic rings. The molecule has 6 rings (SSSR count). The van der Waals surface area contributed by atoms with Gasteiger partial charge in [0.15, 0.2) is 5.82 Å². The molecule has 0 aliphatic carbocycles. The van der Waals surface area contributed by atoms with Gasteiger partial charge >= 0.3 is 6.09 Å². The van der Waals surface area contributed by atoms with E-state index in [0.29, 0.717) is 52.1 Å². The van der Waals surface area contributed by atoms with Gasteiger partial charge in [0, 0.05) is 80.6 Å². The van der Waals surface area contributed by atoms with E-state index < -0.39 is 12.0 Å². The number of nitrogens with one attached hydrogen (secondary N) is 2. The minimum atomic E-state index is -1.02. The Morgan fingerprint density at radius 1 is 1.02 bits per heavy atom. The maximum Gasteiger partial charge on any atom is 0.407 e. The highest BCUT2D eigenvalue weighted by Gasteiger charge is 2.28. The Balaban J connectivity index is 1.23. The zero-order chi connectivity index (χ0) is 34.1. The van der Waals surface area contributed by atoms with Crippen LogP contribution < -0.4 is 15.4 Å². The van der Waals surface area contributed by atoms with Gasteiger partial charge in [-0.15, -0.1) is 0 Å². The highest BCUT2D eigenvalue weighted by molar-refractivity contribution is 6.39. The number of aromatic nitrogens is 2. The van der Waals surface area contributed by atoms with Crippen molar-refractivity contribution in [2.45, 2.75) is 38.9 Å². The number of hydrogen-bond donors (Lipinski definition) is 3. The lowest BCUT2D eigenvalue weighted by Gasteiger charge is -2.23. The highest BCUT2D eigenvalue weighted by Crippen LogP contribution is 2.42. The van der Waals surface area contributed by atoms with Crippen molar-refractivity contribution in [2.24, 2.45) is 7.05 Å². The van der Waals surface area contributed by atoms with Crippen molar-refractivity contribution in [3.8, 4) is 28.0 Å². The van der Waals surface area contributed by atoms with Crippen LogP contribution in [-0.4, -0.2) is 75.2 Å². The van der Waals surface area contributed by atoms with Gasteiger partial charge < -0.3 is 29.9 Å². The Labute approximate surface area is 288 Å². The molecule has 0 radical (unpaired) electrons. The maximum atomic E-state index is 13.4. The average Bonchev–Trinajstić information content (AvgIpc) is 3.64. The summed E-state index contributed by atoms with van der Waals surface area (Å²) in [6.07, 6.45) is 0.363. The van der Waals surface area contributed by atoms with Crippen LogP contribution in [0.5, 0.6) is 5.75 Å². The lowest BCUT2D eigenvalue weighted by Crippen LogP contribution is -2.35. The first-order valence-electron chi connectivity index (χ1n) is 15.6. The summed E-state index contributed by atoms with van der Waals surface area (Å²) >= 11 is 14.0. The second-order valence-electron chi connectivity index (χ2n) is 12.1. The average molecular weight is 692 g/mol. The third kappa shape index (κ3) is 6.71. The smallest absolute Gasteiger partial charge is 0.407 e. The molecular formula is C35H36Cl2N6O5. The van der Waals surface area contributed by atoms with Crippen molar-refractivity contribution < 1.29 is 24.2 Å². The maximum absolute atomic E-state index is 13.4. The molecule has 3 heterocycles. The van der Waals surface area contributed by atoms with Gasteiger partial charge in [-0.05, 0) is 24.1 Å². The summed E-state index contributed by atoms with van der Waals surface area (Å²) < 4.78 is 7.49. The van der Waals surface area contributed by atoms with Gasteiger partial charge in [0.1, 0.15) is 5.75 Å². The molecule has 250 valence electrons. The number of ether oxygens (including phenoxy) is 1. The first-order valence-corrected chi connectivity index (χ1v) is 16.4. The molecule has 48 heavy (non-hydrogen) atoms. The van der Waals surface area contributed by atoms with E-state index in [4.69, 9.17) is 27.9 Å². The topological polar surface area (TPSA) is 129 Å². The number of rotatable bonds is 8. The van der Waals surface area contributed by atoms with Gasteiger partial charge in [-0.1, -0.05) is 65.7 Å². The molecule has 0 saturated carbocycles. The number of nitrogens with zero attached hydrogens (tertiary/aromatic N) is 4. The van der Waals surface area contributed by atoms with Crippen molar-refractivity contribution >= 4 is 46.8 Å². The first kappa shape index (κ1) is 33.3. The number of carbonyl (C=O) groups is 3. The lowest BCUT2D eigenvalue weighted by atomic mass is 9.97. The SMILES string of the molecule is COc1cc(-c2cccc(-c3cccc(NC(=O)c4nc5c(n4C)CCN(C(=O)O)C5)c3Cl)c2Cl)ccc1CN1CC[C@@H](NC(C)=O)C1. The third-order valence-corrected chi connectivity index (χ3v) is 9.75. The van der Waals surface area contributed by atoms with Crippen molar-refractivity contribution in [1.29, 1.82) is 0 Å². The Bertz CT molecular complexity index is 1910. The van der Waals surface area contributed by atoms with Gasteiger partial charge in [0.05, 0.1) is 35.1 Å². The van der Waals surface area contributed by atoms with E-state index in [1.54, 1.807) is 37.8 Å². The molecule has 13 heteroatoms. The second kappa shape index (κ2) is 13.9. The van der Waals surface area contributed by atoms with E-state index in [-0.39, 0.29) is 24.3 Å². The van der Waals surface area contributed by atoms with Crippen LogP contribution in [0.3, 0.4) is 0 Å². The molecule has 0 spiro atoms. The Hall–Kier alpha value is -4.58. The predicted molar refractivity (Wildman–Crippen MR) is 185 cm³/mol. The van der Waals surface area contributed by atoms with E-state index >= 15 is 0 Å². The van der Waals surface area contributed by atoms with Crippen LogP contribution in [-0.2, 0) is 31.4 Å². The van der Waals surface area contributed by atoms with Gasteiger partial charge in [-0.2, -0.15) is 0 Å². The highest BCUT2D eigenvalue weighted by atomic mass is 35.5. The second-order valence-corrected chi connectivity index (χ2v) is 12.8. The van der Waals surface area contributed by atoms with Crippen LogP contribution in [0.1, 0.15) is 40.9 Å². The van der Waals surface area contributed by atoms with E-state index in [2.05, 4.69) is 20.5 Å². The van der Waals surface area contributed by atoms with E-state index in [9.17, 15) is 19.5 Å². The number of methoxy groups -OCH3 is 1. The monoisotopic (exact) mass is 690 g/mol. The molecule has 2 aliphatic rings. The molecule has 0 unspecified atom stereocenters. The summed E-state index contributed by atoms with van der Waals surface area (Å²) in [5.74, 6) is 0.439. The summed E-state index contributed by atoms with van der Waals surface area (Å²) in [6, 6.07) is 17.3. The number of carboxylic acid groups (broad SMARTS) is 1. The van der Waals surface area contributed by atoms with Crippen LogP contribution in [0.25, 0.3) is 22.3 Å². The summed E-state index contributed by atoms with van der Waals surface area (Å²) in [6.45, 7) is 4.39. The molecule has 1 fully saturated rings. The molecule has 3 N–H and O–H groups in total. The molecule has 1 atom stereocenters.